The van der Waals surface area contributed by atoms with Crippen molar-refractivity contribution in [3.63, 3.8) is 0 Å². The number of fused-ring (bicyclic) bond motifs is 1. The predicted molar refractivity (Wildman–Crippen MR) is 114 cm³/mol. The molecule has 7 nitrogen and oxygen atoms in total. The number of allylic oxidation sites excluding steroid dienone is 1. The summed E-state index contributed by atoms with van der Waals surface area (Å²) in [5.41, 5.74) is 1.42. The van der Waals surface area contributed by atoms with Crippen molar-refractivity contribution in [2.45, 2.75) is 19.9 Å². The van der Waals surface area contributed by atoms with Crippen molar-refractivity contribution in [1.82, 2.24) is 14.5 Å². The number of thiophene rings is 1. The monoisotopic (exact) mass is 443 g/mol. The van der Waals surface area contributed by atoms with Crippen LogP contribution in [0, 0.1) is 11.3 Å². The van der Waals surface area contributed by atoms with Crippen LogP contribution in [0.25, 0.3) is 11.0 Å². The first-order chi connectivity index (χ1) is 14.8. The van der Waals surface area contributed by atoms with Gasteiger partial charge in [-0.1, -0.05) is 18.2 Å². The Morgan fingerprint density at radius 1 is 1.32 bits per heavy atom. The van der Waals surface area contributed by atoms with Gasteiger partial charge in [-0.25, -0.2) is 13.8 Å². The Hall–Kier alpha value is -3.58. The molecule has 2 heterocycles. The van der Waals surface area contributed by atoms with Gasteiger partial charge in [0.1, 0.15) is 11.6 Å². The Balaban J connectivity index is 1.84. The fraction of sp³-hybridized carbons (Fsp3) is 0.238. The van der Waals surface area contributed by atoms with Crippen LogP contribution in [0.1, 0.15) is 27.9 Å². The van der Waals surface area contributed by atoms with E-state index in [0.29, 0.717) is 12.1 Å². The zero-order valence-electron chi connectivity index (χ0n) is 16.8. The van der Waals surface area contributed by atoms with Crippen LogP contribution in [0.3, 0.4) is 0 Å². The molecule has 2 aromatic heterocycles. The molecule has 0 fully saturated rings. The maximum atomic E-state index is 12.8. The Bertz CT molecular complexity index is 1190. The quantitative estimate of drug-likeness (QED) is 0.437. The van der Waals surface area contributed by atoms with Gasteiger partial charge in [-0.15, -0.1) is 11.3 Å². The van der Waals surface area contributed by atoms with Gasteiger partial charge in [-0.3, -0.25) is 14.9 Å². The van der Waals surface area contributed by atoms with Crippen molar-refractivity contribution >= 4 is 40.1 Å². The maximum absolute atomic E-state index is 12.8. The number of carbonyl (C=O) groups is 2. The number of nitriles is 1. The Labute approximate surface area is 181 Å². The highest BCUT2D eigenvalue weighted by Gasteiger charge is 2.19. The molecule has 0 atom stereocenters. The zero-order chi connectivity index (χ0) is 22.5. The molecular formula is C21H19F2N5O2S. The van der Waals surface area contributed by atoms with Gasteiger partial charge in [-0.2, -0.15) is 5.26 Å². The first-order valence-electron chi connectivity index (χ1n) is 9.32. The third-order valence-corrected chi connectivity index (χ3v) is 5.68. The summed E-state index contributed by atoms with van der Waals surface area (Å²) in [4.78, 5) is 30.7. The summed E-state index contributed by atoms with van der Waals surface area (Å²) in [6, 6.07) is 11.7. The van der Waals surface area contributed by atoms with E-state index in [1.54, 1.807) is 30.7 Å². The second-order valence-electron chi connectivity index (χ2n) is 6.57. The molecule has 0 aliphatic carbocycles. The van der Waals surface area contributed by atoms with Gasteiger partial charge < -0.3 is 9.47 Å². The first kappa shape index (κ1) is 22.1. The number of alkyl halides is 2. The van der Waals surface area contributed by atoms with E-state index in [1.165, 1.54) is 23.1 Å². The number of likely N-dealkylation sites (N-methyl/N-ethyl adjacent to an activating group) is 1. The summed E-state index contributed by atoms with van der Waals surface area (Å²) in [6.07, 6.45) is -1.19. The van der Waals surface area contributed by atoms with Crippen LogP contribution in [0.15, 0.2) is 48.0 Å². The van der Waals surface area contributed by atoms with Crippen LogP contribution < -0.4 is 5.32 Å². The molecule has 0 unspecified atom stereocenters. The number of hydrogen-bond acceptors (Lipinski definition) is 5. The van der Waals surface area contributed by atoms with Gasteiger partial charge in [0, 0.05) is 20.1 Å². The van der Waals surface area contributed by atoms with E-state index in [-0.39, 0.29) is 27.8 Å². The largest absolute Gasteiger partial charge is 0.339 e. The molecule has 0 aliphatic heterocycles. The van der Waals surface area contributed by atoms with Crippen LogP contribution >= 0.6 is 11.3 Å². The fourth-order valence-electron chi connectivity index (χ4n) is 2.95. The molecule has 2 amide bonds. The summed E-state index contributed by atoms with van der Waals surface area (Å²) in [6.45, 7) is 2.18. The normalized spacial score (nSPS) is 11.5. The van der Waals surface area contributed by atoms with Crippen molar-refractivity contribution < 1.29 is 18.4 Å². The molecule has 0 saturated carbocycles. The third kappa shape index (κ3) is 4.78. The fourth-order valence-corrected chi connectivity index (χ4v) is 3.70. The van der Waals surface area contributed by atoms with Gasteiger partial charge in [0.05, 0.1) is 20.8 Å². The smallest absolute Gasteiger partial charge is 0.272 e. The summed E-state index contributed by atoms with van der Waals surface area (Å²) in [5, 5.41) is 11.7. The van der Waals surface area contributed by atoms with Crippen molar-refractivity contribution in [1.29, 1.82) is 5.26 Å². The maximum Gasteiger partial charge on any atom is 0.272 e. The Morgan fingerprint density at radius 2 is 2.06 bits per heavy atom. The number of nitrogens with one attached hydrogen (secondary N) is 1. The van der Waals surface area contributed by atoms with E-state index in [2.05, 4.69) is 10.3 Å². The van der Waals surface area contributed by atoms with Crippen LogP contribution in [-0.4, -0.2) is 39.9 Å². The topological polar surface area (TPSA) is 91.0 Å². The second kappa shape index (κ2) is 9.49. The molecule has 31 heavy (non-hydrogen) atoms. The molecule has 160 valence electrons. The molecule has 1 N–H and O–H groups in total. The van der Waals surface area contributed by atoms with Gasteiger partial charge in [0.2, 0.25) is 5.95 Å². The molecule has 0 saturated heterocycles. The lowest BCUT2D eigenvalue weighted by atomic mass is 10.2. The number of para-hydroxylation sites is 2. The number of benzene rings is 1. The average molecular weight is 443 g/mol. The van der Waals surface area contributed by atoms with Crippen molar-refractivity contribution in [3.8, 4) is 6.07 Å². The van der Waals surface area contributed by atoms with Crippen molar-refractivity contribution in [3.05, 3.63) is 57.8 Å². The molecule has 0 spiro atoms. The number of halogens is 2. The lowest BCUT2D eigenvalue weighted by molar-refractivity contribution is -0.125. The summed E-state index contributed by atoms with van der Waals surface area (Å²) >= 11 is 0.723. The van der Waals surface area contributed by atoms with Gasteiger partial charge >= 0.3 is 0 Å². The van der Waals surface area contributed by atoms with Crippen LogP contribution in [0.4, 0.5) is 14.7 Å². The highest BCUT2D eigenvalue weighted by Crippen LogP contribution is 2.28. The van der Waals surface area contributed by atoms with Crippen LogP contribution in [0.5, 0.6) is 0 Å². The minimum absolute atomic E-state index is 0.0408. The lowest BCUT2D eigenvalue weighted by Crippen LogP contribution is -2.31. The Kier molecular flexibility index (Phi) is 6.77. The summed E-state index contributed by atoms with van der Waals surface area (Å²) in [5.74, 6) is -0.706. The van der Waals surface area contributed by atoms with Gasteiger partial charge in [-0.05, 0) is 31.2 Å². The third-order valence-electron chi connectivity index (χ3n) is 4.59. The van der Waals surface area contributed by atoms with E-state index in [4.69, 9.17) is 5.26 Å². The molecule has 3 rings (SSSR count). The molecule has 1 aromatic carbocycles. The van der Waals surface area contributed by atoms with Gasteiger partial charge in [0.25, 0.3) is 18.2 Å². The van der Waals surface area contributed by atoms with Crippen molar-refractivity contribution in [2.24, 2.45) is 0 Å². The minimum atomic E-state index is -2.64. The number of nitrogens with zero attached hydrogens (tertiary/aromatic N) is 4. The van der Waals surface area contributed by atoms with Crippen molar-refractivity contribution in [2.75, 3.05) is 18.9 Å². The number of hydrogen-bond donors (Lipinski definition) is 1. The Morgan fingerprint density at radius 3 is 2.71 bits per heavy atom. The number of amides is 2. The van der Waals surface area contributed by atoms with Crippen LogP contribution in [-0.2, 0) is 11.3 Å². The van der Waals surface area contributed by atoms with Gasteiger partial charge in [0.15, 0.2) is 0 Å². The highest BCUT2D eigenvalue weighted by atomic mass is 32.1. The average Bonchev–Trinajstić information content (AvgIpc) is 3.38. The number of aromatic nitrogens is 2. The first-order valence-corrected chi connectivity index (χ1v) is 10.1. The lowest BCUT2D eigenvalue weighted by Gasteiger charge is -2.18. The second-order valence-corrected chi connectivity index (χ2v) is 7.69. The molecule has 0 bridgehead atoms. The molecule has 3 aromatic rings. The number of rotatable bonds is 7. The summed E-state index contributed by atoms with van der Waals surface area (Å²) in [7, 11) is 1.58. The molecule has 0 aliphatic rings. The van der Waals surface area contributed by atoms with E-state index < -0.39 is 18.2 Å². The highest BCUT2D eigenvalue weighted by molar-refractivity contribution is 7.14. The van der Waals surface area contributed by atoms with E-state index >= 15 is 0 Å². The van der Waals surface area contributed by atoms with Crippen LogP contribution in [0.2, 0.25) is 0 Å². The predicted octanol–water partition coefficient (Wildman–Crippen LogP) is 4.22. The minimum Gasteiger partial charge on any atom is -0.339 e. The molecular weight excluding hydrogens is 424 g/mol. The standard InChI is InChI=1S/C21H19F2N5O2S/c1-3-13(12-24)20(30)27(2)10-11-28-15-7-5-4-6-14(15)25-21(28)26-19(29)17-9-8-16(31-17)18(22)23/h3-9,18H,10-11H2,1-2H3,(H,25,26,29)/b13-3+. The number of imidazole rings is 1. The number of carbonyl (C=O) groups excluding carboxylic acids is 2. The molecule has 10 heteroatoms. The van der Waals surface area contributed by atoms with E-state index in [1.807, 2.05) is 18.2 Å². The van der Waals surface area contributed by atoms with E-state index in [9.17, 15) is 18.4 Å². The SMILES string of the molecule is C/C=C(\C#N)C(=O)N(C)CCn1c(NC(=O)c2ccc(C(F)F)s2)nc2ccccc21. The molecule has 0 radical (unpaired) electrons. The summed E-state index contributed by atoms with van der Waals surface area (Å²) < 4.78 is 27.4. The zero-order valence-corrected chi connectivity index (χ0v) is 17.6. The number of anilines is 1. The van der Waals surface area contributed by atoms with E-state index in [0.717, 1.165) is 16.9 Å².